The smallest absolute Gasteiger partial charge is 0.273 e. The predicted octanol–water partition coefficient (Wildman–Crippen LogP) is 2.25. The number of nitrogens with zero attached hydrogens (tertiary/aromatic N) is 2. The number of nitrogens with one attached hydrogen (secondary N) is 1. The van der Waals surface area contributed by atoms with Crippen LogP contribution in [0.15, 0.2) is 30.5 Å². The van der Waals surface area contributed by atoms with Gasteiger partial charge < -0.3 is 14.7 Å². The Balaban J connectivity index is 1.64. The van der Waals surface area contributed by atoms with E-state index in [-0.39, 0.29) is 35.6 Å². The molecule has 24 heavy (non-hydrogen) atoms. The molecule has 0 saturated carbocycles. The summed E-state index contributed by atoms with van der Waals surface area (Å²) in [6.07, 6.45) is 2.51. The van der Waals surface area contributed by atoms with E-state index >= 15 is 0 Å². The molecule has 1 atom stereocenters. The second kappa shape index (κ2) is 6.78. The van der Waals surface area contributed by atoms with Gasteiger partial charge >= 0.3 is 0 Å². The Bertz CT molecular complexity index is 722. The minimum atomic E-state index is -1.17. The number of ether oxygens (including phenoxy) is 1. The molecule has 1 saturated heterocycles. The first-order valence-corrected chi connectivity index (χ1v) is 7.94. The summed E-state index contributed by atoms with van der Waals surface area (Å²) < 4.78 is 18.4. The van der Waals surface area contributed by atoms with E-state index in [1.165, 1.54) is 35.4 Å². The molecule has 8 heteroatoms. The number of carbonyl (C=O) groups is 1. The molecule has 6 nitrogen and oxygen atoms in total. The summed E-state index contributed by atoms with van der Waals surface area (Å²) in [5.41, 5.74) is -0.963. The molecule has 2 heterocycles. The van der Waals surface area contributed by atoms with Crippen molar-refractivity contribution in [3.05, 3.63) is 47.0 Å². The zero-order valence-corrected chi connectivity index (χ0v) is 13.6. The van der Waals surface area contributed by atoms with Crippen molar-refractivity contribution in [3.8, 4) is 5.75 Å². The van der Waals surface area contributed by atoms with E-state index in [0.29, 0.717) is 25.1 Å². The predicted molar refractivity (Wildman–Crippen MR) is 85.6 cm³/mol. The molecule has 1 aromatic carbocycles. The standard InChI is InChI=1S/C16H17ClFN3O3/c17-13-8-19-20-14(13)15(22)21-7-1-6-16(23,9-21)10-24-12-4-2-11(18)3-5-12/h2-5,8,23H,1,6-7,9-10H2,(H,19,20)/t16-/m0/s1. The fraction of sp³-hybridized carbons (Fsp3) is 0.375. The highest BCUT2D eigenvalue weighted by Crippen LogP contribution is 2.25. The molecular formula is C16H17ClFN3O3. The zero-order valence-electron chi connectivity index (χ0n) is 12.8. The molecule has 128 valence electrons. The third kappa shape index (κ3) is 3.68. The highest BCUT2D eigenvalue weighted by Gasteiger charge is 2.37. The summed E-state index contributed by atoms with van der Waals surface area (Å²) in [5, 5.41) is 17.3. The Kier molecular flexibility index (Phi) is 4.73. The summed E-state index contributed by atoms with van der Waals surface area (Å²) >= 11 is 5.92. The van der Waals surface area contributed by atoms with E-state index in [0.717, 1.165) is 0 Å². The molecular weight excluding hydrogens is 337 g/mol. The van der Waals surface area contributed by atoms with Crippen molar-refractivity contribution in [1.82, 2.24) is 15.1 Å². The fourth-order valence-electron chi connectivity index (χ4n) is 2.73. The summed E-state index contributed by atoms with van der Waals surface area (Å²) in [6, 6.07) is 5.57. The monoisotopic (exact) mass is 353 g/mol. The first-order chi connectivity index (χ1) is 11.5. The van der Waals surface area contributed by atoms with Gasteiger partial charge in [-0.05, 0) is 37.1 Å². The van der Waals surface area contributed by atoms with Crippen LogP contribution in [0.1, 0.15) is 23.3 Å². The van der Waals surface area contributed by atoms with Gasteiger partial charge in [-0.15, -0.1) is 0 Å². The number of halogens is 2. The second-order valence-corrected chi connectivity index (χ2v) is 6.30. The van der Waals surface area contributed by atoms with Gasteiger partial charge in [0, 0.05) is 6.54 Å². The Morgan fingerprint density at radius 3 is 2.88 bits per heavy atom. The van der Waals surface area contributed by atoms with E-state index in [1.807, 2.05) is 0 Å². The van der Waals surface area contributed by atoms with Crippen molar-refractivity contribution >= 4 is 17.5 Å². The first kappa shape index (κ1) is 16.7. The Morgan fingerprint density at radius 1 is 1.46 bits per heavy atom. The number of aromatic nitrogens is 2. The largest absolute Gasteiger partial charge is 0.491 e. The topological polar surface area (TPSA) is 78.5 Å². The molecule has 1 aromatic heterocycles. The molecule has 3 rings (SSSR count). The second-order valence-electron chi connectivity index (χ2n) is 5.89. The van der Waals surface area contributed by atoms with Gasteiger partial charge in [0.15, 0.2) is 0 Å². The van der Waals surface area contributed by atoms with Crippen molar-refractivity contribution in [2.45, 2.75) is 18.4 Å². The molecule has 1 aliphatic rings. The molecule has 0 radical (unpaired) electrons. The average Bonchev–Trinajstić information content (AvgIpc) is 3.00. The van der Waals surface area contributed by atoms with Crippen LogP contribution in [-0.4, -0.2) is 51.4 Å². The van der Waals surface area contributed by atoms with Gasteiger partial charge in [0.05, 0.1) is 17.8 Å². The number of hydrogen-bond donors (Lipinski definition) is 2. The Labute approximate surface area is 143 Å². The number of β-amino-alcohol motifs (C(OH)–C–C–N with tert-alkyl or cyclic N) is 1. The van der Waals surface area contributed by atoms with E-state index in [2.05, 4.69) is 10.2 Å². The van der Waals surface area contributed by atoms with E-state index < -0.39 is 5.60 Å². The number of aliphatic hydroxyl groups is 1. The number of rotatable bonds is 4. The lowest BCUT2D eigenvalue weighted by Gasteiger charge is -2.38. The first-order valence-electron chi connectivity index (χ1n) is 7.56. The average molecular weight is 354 g/mol. The van der Waals surface area contributed by atoms with Gasteiger partial charge in [-0.3, -0.25) is 9.89 Å². The number of amides is 1. The van der Waals surface area contributed by atoms with Gasteiger partial charge in [-0.2, -0.15) is 5.10 Å². The van der Waals surface area contributed by atoms with Crippen molar-refractivity contribution in [3.63, 3.8) is 0 Å². The lowest BCUT2D eigenvalue weighted by Crippen LogP contribution is -2.53. The van der Waals surface area contributed by atoms with Crippen LogP contribution in [0.3, 0.4) is 0 Å². The van der Waals surface area contributed by atoms with Crippen LogP contribution in [0.25, 0.3) is 0 Å². The summed E-state index contributed by atoms with van der Waals surface area (Å²) in [6.45, 7) is 0.661. The highest BCUT2D eigenvalue weighted by molar-refractivity contribution is 6.33. The quantitative estimate of drug-likeness (QED) is 0.883. The number of carbonyl (C=O) groups excluding carboxylic acids is 1. The van der Waals surface area contributed by atoms with Gasteiger partial charge in [0.25, 0.3) is 5.91 Å². The molecule has 1 amide bonds. The molecule has 0 spiro atoms. The third-order valence-corrected chi connectivity index (χ3v) is 4.26. The fourth-order valence-corrected chi connectivity index (χ4v) is 2.90. The molecule has 1 fully saturated rings. The molecule has 2 N–H and O–H groups in total. The van der Waals surface area contributed by atoms with Gasteiger partial charge in [0.1, 0.15) is 29.5 Å². The normalized spacial score (nSPS) is 20.9. The van der Waals surface area contributed by atoms with Gasteiger partial charge in [-0.1, -0.05) is 11.6 Å². The van der Waals surface area contributed by atoms with Crippen molar-refractivity contribution in [2.75, 3.05) is 19.7 Å². The summed E-state index contributed by atoms with van der Waals surface area (Å²) in [5.74, 6) is -0.200. The van der Waals surface area contributed by atoms with Crippen LogP contribution >= 0.6 is 11.6 Å². The Hall–Kier alpha value is -2.12. The number of aromatic amines is 1. The van der Waals surface area contributed by atoms with Crippen molar-refractivity contribution < 1.29 is 19.0 Å². The van der Waals surface area contributed by atoms with Crippen molar-refractivity contribution in [1.29, 1.82) is 0 Å². The van der Waals surface area contributed by atoms with Gasteiger partial charge in [-0.25, -0.2) is 4.39 Å². The highest BCUT2D eigenvalue weighted by atomic mass is 35.5. The van der Waals surface area contributed by atoms with E-state index in [4.69, 9.17) is 16.3 Å². The number of H-pyrrole nitrogens is 1. The van der Waals surface area contributed by atoms with Crippen LogP contribution in [0.2, 0.25) is 5.02 Å². The number of hydrogen-bond acceptors (Lipinski definition) is 4. The lowest BCUT2D eigenvalue weighted by molar-refractivity contribution is -0.0533. The minimum absolute atomic E-state index is 0.0130. The van der Waals surface area contributed by atoms with Crippen LogP contribution in [0.4, 0.5) is 4.39 Å². The molecule has 0 unspecified atom stereocenters. The van der Waals surface area contributed by atoms with E-state index in [9.17, 15) is 14.3 Å². The Morgan fingerprint density at radius 2 is 2.21 bits per heavy atom. The number of benzene rings is 1. The van der Waals surface area contributed by atoms with Crippen LogP contribution < -0.4 is 4.74 Å². The van der Waals surface area contributed by atoms with Crippen LogP contribution in [0.5, 0.6) is 5.75 Å². The maximum atomic E-state index is 12.9. The third-order valence-electron chi connectivity index (χ3n) is 3.97. The summed E-state index contributed by atoms with van der Waals surface area (Å²) in [7, 11) is 0. The van der Waals surface area contributed by atoms with Crippen molar-refractivity contribution in [2.24, 2.45) is 0 Å². The number of likely N-dealkylation sites (tertiary alicyclic amines) is 1. The number of piperidine rings is 1. The minimum Gasteiger partial charge on any atom is -0.491 e. The van der Waals surface area contributed by atoms with Crippen LogP contribution in [-0.2, 0) is 0 Å². The summed E-state index contributed by atoms with van der Waals surface area (Å²) in [4.78, 5) is 14.0. The molecule has 0 aliphatic carbocycles. The zero-order chi connectivity index (χ0) is 17.2. The van der Waals surface area contributed by atoms with Crippen LogP contribution in [0, 0.1) is 5.82 Å². The molecule has 2 aromatic rings. The van der Waals surface area contributed by atoms with Gasteiger partial charge in [0.2, 0.25) is 0 Å². The molecule has 0 bridgehead atoms. The SMILES string of the molecule is O=C(c1[nH]ncc1Cl)N1CCC[C@@](O)(COc2ccc(F)cc2)C1. The van der Waals surface area contributed by atoms with E-state index in [1.54, 1.807) is 0 Å². The maximum absolute atomic E-state index is 12.9. The molecule has 1 aliphatic heterocycles. The lowest BCUT2D eigenvalue weighted by atomic mass is 9.93. The maximum Gasteiger partial charge on any atom is 0.273 e.